The van der Waals surface area contributed by atoms with Crippen LogP contribution in [0.1, 0.15) is 33.5 Å². The van der Waals surface area contributed by atoms with Crippen molar-refractivity contribution in [2.45, 2.75) is 25.9 Å². The van der Waals surface area contributed by atoms with Gasteiger partial charge in [0.2, 0.25) is 0 Å². The minimum absolute atomic E-state index is 0.0977. The molecule has 0 spiro atoms. The highest BCUT2D eigenvalue weighted by Gasteiger charge is 2.44. The number of likely N-dealkylation sites (tertiary alicyclic amines) is 1. The molecule has 0 bridgehead atoms. The Morgan fingerprint density at radius 1 is 1.40 bits per heavy atom. The molecule has 1 fully saturated rings. The number of aromatic nitrogens is 3. The zero-order valence-electron chi connectivity index (χ0n) is 13.7. The van der Waals surface area contributed by atoms with Gasteiger partial charge >= 0.3 is 0 Å². The van der Waals surface area contributed by atoms with E-state index < -0.39 is 5.60 Å². The molecule has 1 aliphatic rings. The van der Waals surface area contributed by atoms with Gasteiger partial charge in [-0.05, 0) is 26.0 Å². The fourth-order valence-corrected chi connectivity index (χ4v) is 3.75. The van der Waals surface area contributed by atoms with E-state index in [1.165, 1.54) is 11.3 Å². The Bertz CT molecular complexity index is 917. The third-order valence-electron chi connectivity index (χ3n) is 4.19. The molecule has 0 unspecified atom stereocenters. The lowest BCUT2D eigenvalue weighted by Crippen LogP contribution is -2.35. The van der Waals surface area contributed by atoms with Crippen molar-refractivity contribution in [2.24, 2.45) is 0 Å². The molecule has 9 heteroatoms. The number of thiazole rings is 1. The Balaban J connectivity index is 1.56. The molecule has 1 saturated heterocycles. The van der Waals surface area contributed by atoms with Crippen molar-refractivity contribution >= 4 is 17.2 Å². The number of amides is 1. The third-order valence-corrected chi connectivity index (χ3v) is 5.18. The lowest BCUT2D eigenvalue weighted by Gasteiger charge is -2.19. The predicted octanol–water partition coefficient (Wildman–Crippen LogP) is 2.14. The quantitative estimate of drug-likeness (QED) is 0.763. The van der Waals surface area contributed by atoms with Gasteiger partial charge in [-0.15, -0.1) is 11.3 Å². The van der Waals surface area contributed by atoms with Crippen LogP contribution in [-0.2, 0) is 5.60 Å². The molecule has 4 heterocycles. The first-order chi connectivity index (χ1) is 12.0. The summed E-state index contributed by atoms with van der Waals surface area (Å²) in [5.41, 5.74) is -0.938. The van der Waals surface area contributed by atoms with Gasteiger partial charge in [0.1, 0.15) is 5.69 Å². The molecule has 0 aliphatic carbocycles. The summed E-state index contributed by atoms with van der Waals surface area (Å²) >= 11 is 1.40. The summed E-state index contributed by atoms with van der Waals surface area (Å²) in [5.74, 6) is 1.00. The number of hydrogen-bond donors (Lipinski definition) is 1. The number of hydrogen-bond acceptors (Lipinski definition) is 8. The largest absolute Gasteiger partial charge is 0.462 e. The lowest BCUT2D eigenvalue weighted by atomic mass is 10.0. The van der Waals surface area contributed by atoms with Crippen LogP contribution < -0.4 is 0 Å². The Hall–Kier alpha value is -2.52. The fourth-order valence-electron chi connectivity index (χ4n) is 2.88. The average Bonchev–Trinajstić information content (AvgIpc) is 3.32. The van der Waals surface area contributed by atoms with Crippen LogP contribution in [0.4, 0.5) is 0 Å². The predicted molar refractivity (Wildman–Crippen MR) is 88.0 cm³/mol. The minimum Gasteiger partial charge on any atom is -0.462 e. The topological polar surface area (TPSA) is 105 Å². The molecule has 0 aromatic carbocycles. The summed E-state index contributed by atoms with van der Waals surface area (Å²) in [6, 6.07) is 3.58. The summed E-state index contributed by atoms with van der Waals surface area (Å²) in [4.78, 5) is 23.7. The molecule has 0 radical (unpaired) electrons. The van der Waals surface area contributed by atoms with Crippen LogP contribution in [0, 0.1) is 13.8 Å². The molecule has 1 N–H and O–H groups in total. The van der Waals surface area contributed by atoms with E-state index in [2.05, 4.69) is 15.1 Å². The third kappa shape index (κ3) is 2.75. The van der Waals surface area contributed by atoms with Crippen molar-refractivity contribution in [1.29, 1.82) is 0 Å². The number of furan rings is 1. The van der Waals surface area contributed by atoms with Crippen LogP contribution in [0.5, 0.6) is 0 Å². The van der Waals surface area contributed by atoms with Gasteiger partial charge in [0.15, 0.2) is 22.2 Å². The van der Waals surface area contributed by atoms with Gasteiger partial charge in [-0.25, -0.2) is 4.98 Å². The summed E-state index contributed by atoms with van der Waals surface area (Å²) in [6.45, 7) is 4.02. The van der Waals surface area contributed by atoms with Gasteiger partial charge in [0.25, 0.3) is 11.8 Å². The number of carbonyl (C=O) groups is 1. The Morgan fingerprint density at radius 2 is 2.24 bits per heavy atom. The van der Waals surface area contributed by atoms with Gasteiger partial charge in [0.05, 0.1) is 12.8 Å². The number of aryl methyl sites for hydroxylation is 2. The molecule has 25 heavy (non-hydrogen) atoms. The van der Waals surface area contributed by atoms with E-state index in [0.717, 1.165) is 4.88 Å². The molecule has 4 rings (SSSR count). The van der Waals surface area contributed by atoms with Gasteiger partial charge < -0.3 is 18.9 Å². The van der Waals surface area contributed by atoms with Crippen molar-refractivity contribution < 1.29 is 18.8 Å². The molecular formula is C16H16N4O4S. The molecule has 0 saturated carbocycles. The lowest BCUT2D eigenvalue weighted by molar-refractivity contribution is 0.0135. The normalized spacial score (nSPS) is 20.4. The van der Waals surface area contributed by atoms with E-state index in [1.54, 1.807) is 30.2 Å². The van der Waals surface area contributed by atoms with E-state index in [-0.39, 0.29) is 18.3 Å². The van der Waals surface area contributed by atoms with E-state index >= 15 is 0 Å². The maximum absolute atomic E-state index is 12.8. The second kappa shape index (κ2) is 5.78. The SMILES string of the molecule is Cc1noc([C@@]2(O)CCN(C(=O)c3nc(-c4ccco4)sc3C)C2)n1. The molecule has 3 aromatic heterocycles. The monoisotopic (exact) mass is 360 g/mol. The smallest absolute Gasteiger partial charge is 0.273 e. The fraction of sp³-hybridized carbons (Fsp3) is 0.375. The molecule has 1 atom stereocenters. The average molecular weight is 360 g/mol. The van der Waals surface area contributed by atoms with Gasteiger partial charge in [-0.3, -0.25) is 4.79 Å². The number of rotatable bonds is 3. The van der Waals surface area contributed by atoms with Crippen LogP contribution in [-0.4, -0.2) is 44.1 Å². The summed E-state index contributed by atoms with van der Waals surface area (Å²) in [6.07, 6.45) is 1.91. The number of nitrogens with zero attached hydrogens (tertiary/aromatic N) is 4. The Morgan fingerprint density at radius 3 is 2.92 bits per heavy atom. The summed E-state index contributed by atoms with van der Waals surface area (Å²) in [7, 11) is 0. The zero-order valence-corrected chi connectivity index (χ0v) is 14.5. The molecule has 1 aliphatic heterocycles. The van der Waals surface area contributed by atoms with E-state index in [1.807, 2.05) is 6.92 Å². The van der Waals surface area contributed by atoms with Gasteiger partial charge in [0, 0.05) is 17.8 Å². The van der Waals surface area contributed by atoms with Crippen molar-refractivity contribution in [2.75, 3.05) is 13.1 Å². The van der Waals surface area contributed by atoms with E-state index in [0.29, 0.717) is 35.3 Å². The summed E-state index contributed by atoms with van der Waals surface area (Å²) in [5, 5.41) is 15.1. The summed E-state index contributed by atoms with van der Waals surface area (Å²) < 4.78 is 10.4. The number of β-amino-alcohol motifs (C(OH)–C–C–N with tert-alkyl or cyclic N) is 1. The van der Waals surface area contributed by atoms with E-state index in [4.69, 9.17) is 8.94 Å². The number of carbonyl (C=O) groups excluding carboxylic acids is 1. The maximum atomic E-state index is 12.8. The first-order valence-electron chi connectivity index (χ1n) is 7.80. The van der Waals surface area contributed by atoms with Crippen LogP contribution in [0.25, 0.3) is 10.8 Å². The molecule has 3 aromatic rings. The first-order valence-corrected chi connectivity index (χ1v) is 8.62. The van der Waals surface area contributed by atoms with Crippen LogP contribution in [0.2, 0.25) is 0 Å². The minimum atomic E-state index is -1.31. The van der Waals surface area contributed by atoms with Crippen LogP contribution in [0.15, 0.2) is 27.3 Å². The second-order valence-corrected chi connectivity index (χ2v) is 7.26. The second-order valence-electron chi connectivity index (χ2n) is 6.06. The zero-order chi connectivity index (χ0) is 17.6. The molecular weight excluding hydrogens is 344 g/mol. The standard InChI is InChI=1S/C16H16N4O4S/c1-9-12(18-13(25-9)11-4-3-7-23-11)14(21)20-6-5-16(22,8-20)15-17-10(2)19-24-15/h3-4,7,22H,5-6,8H2,1-2H3/t16-/m1/s1. The Kier molecular flexibility index (Phi) is 3.69. The van der Waals surface area contributed by atoms with Crippen LogP contribution >= 0.6 is 11.3 Å². The van der Waals surface area contributed by atoms with Gasteiger partial charge in [-0.2, -0.15) is 4.98 Å². The van der Waals surface area contributed by atoms with Crippen molar-refractivity contribution in [3.8, 4) is 10.8 Å². The number of aliphatic hydroxyl groups is 1. The highest BCUT2D eigenvalue weighted by atomic mass is 32.1. The van der Waals surface area contributed by atoms with Crippen LogP contribution in [0.3, 0.4) is 0 Å². The van der Waals surface area contributed by atoms with Gasteiger partial charge in [-0.1, -0.05) is 5.16 Å². The van der Waals surface area contributed by atoms with Crippen molar-refractivity contribution in [1.82, 2.24) is 20.0 Å². The first kappa shape index (κ1) is 16.0. The molecule has 130 valence electrons. The Labute approximate surface area is 147 Å². The molecule has 8 nitrogen and oxygen atoms in total. The molecule has 1 amide bonds. The highest BCUT2D eigenvalue weighted by molar-refractivity contribution is 7.15. The highest BCUT2D eigenvalue weighted by Crippen LogP contribution is 2.33. The van der Waals surface area contributed by atoms with E-state index in [9.17, 15) is 9.90 Å². The van der Waals surface area contributed by atoms with Crippen molar-refractivity contribution in [3.63, 3.8) is 0 Å². The van der Waals surface area contributed by atoms with Crippen molar-refractivity contribution in [3.05, 3.63) is 40.7 Å². The maximum Gasteiger partial charge on any atom is 0.273 e.